The van der Waals surface area contributed by atoms with Crippen molar-refractivity contribution in [2.24, 2.45) is 5.84 Å². The topological polar surface area (TPSA) is 47.3 Å². The Morgan fingerprint density at radius 2 is 1.84 bits per heavy atom. The lowest BCUT2D eigenvalue weighted by atomic mass is 9.97. The van der Waals surface area contributed by atoms with Crippen molar-refractivity contribution >= 4 is 11.6 Å². The molecule has 3 N–H and O–H groups in total. The second kappa shape index (κ2) is 6.06. The highest BCUT2D eigenvalue weighted by Crippen LogP contribution is 2.30. The van der Waals surface area contributed by atoms with Crippen molar-refractivity contribution in [2.45, 2.75) is 13.0 Å². The van der Waals surface area contributed by atoms with Gasteiger partial charge in [-0.1, -0.05) is 41.4 Å². The summed E-state index contributed by atoms with van der Waals surface area (Å²) >= 11 is 5.91. The number of ether oxygens (including phenoxy) is 1. The van der Waals surface area contributed by atoms with Gasteiger partial charge < -0.3 is 4.74 Å². The predicted octanol–water partition coefficient (Wildman–Crippen LogP) is 3.21. The van der Waals surface area contributed by atoms with E-state index in [9.17, 15) is 0 Å². The van der Waals surface area contributed by atoms with Crippen molar-refractivity contribution < 1.29 is 4.74 Å². The Kier molecular flexibility index (Phi) is 4.43. The molecule has 4 heteroatoms. The van der Waals surface area contributed by atoms with Crippen LogP contribution in [0, 0.1) is 6.92 Å². The van der Waals surface area contributed by atoms with Crippen LogP contribution in [0.15, 0.2) is 42.5 Å². The van der Waals surface area contributed by atoms with Gasteiger partial charge in [0.2, 0.25) is 0 Å². The summed E-state index contributed by atoms with van der Waals surface area (Å²) in [5, 5.41) is 0.704. The molecule has 0 aliphatic rings. The van der Waals surface area contributed by atoms with Crippen molar-refractivity contribution in [3.8, 4) is 5.75 Å². The highest BCUT2D eigenvalue weighted by atomic mass is 35.5. The molecule has 0 saturated carbocycles. The van der Waals surface area contributed by atoms with E-state index in [0.717, 1.165) is 22.4 Å². The quantitative estimate of drug-likeness (QED) is 0.666. The molecule has 1 atom stereocenters. The molecule has 2 rings (SSSR count). The minimum atomic E-state index is -0.132. The zero-order valence-electron chi connectivity index (χ0n) is 11.0. The molecule has 0 amide bonds. The van der Waals surface area contributed by atoms with Gasteiger partial charge in [0.25, 0.3) is 0 Å². The van der Waals surface area contributed by atoms with Crippen LogP contribution in [0.4, 0.5) is 0 Å². The van der Waals surface area contributed by atoms with Crippen LogP contribution in [0.3, 0.4) is 0 Å². The average molecular weight is 277 g/mol. The summed E-state index contributed by atoms with van der Waals surface area (Å²) in [5.41, 5.74) is 6.03. The van der Waals surface area contributed by atoms with Crippen molar-refractivity contribution in [1.29, 1.82) is 0 Å². The average Bonchev–Trinajstić information content (AvgIpc) is 2.42. The number of rotatable bonds is 4. The van der Waals surface area contributed by atoms with E-state index in [1.807, 2.05) is 43.3 Å². The van der Waals surface area contributed by atoms with Crippen molar-refractivity contribution in [2.75, 3.05) is 7.11 Å². The zero-order chi connectivity index (χ0) is 13.8. The minimum absolute atomic E-state index is 0.132. The summed E-state index contributed by atoms with van der Waals surface area (Å²) in [6.07, 6.45) is 0. The van der Waals surface area contributed by atoms with E-state index in [1.54, 1.807) is 7.11 Å². The molecule has 0 heterocycles. The molecule has 0 aliphatic carbocycles. The smallest absolute Gasteiger partial charge is 0.124 e. The Labute approximate surface area is 118 Å². The van der Waals surface area contributed by atoms with Gasteiger partial charge in [0.1, 0.15) is 5.75 Å². The van der Waals surface area contributed by atoms with E-state index in [4.69, 9.17) is 22.2 Å². The lowest BCUT2D eigenvalue weighted by Gasteiger charge is -2.20. The van der Waals surface area contributed by atoms with E-state index in [0.29, 0.717) is 5.02 Å². The number of nitrogens with one attached hydrogen (secondary N) is 1. The first-order chi connectivity index (χ1) is 9.15. The van der Waals surface area contributed by atoms with Gasteiger partial charge in [0, 0.05) is 10.6 Å². The van der Waals surface area contributed by atoms with E-state index in [-0.39, 0.29) is 6.04 Å². The molecule has 100 valence electrons. The molecule has 3 nitrogen and oxygen atoms in total. The maximum atomic E-state index is 5.91. The Hall–Kier alpha value is -1.55. The molecule has 0 radical (unpaired) electrons. The second-order valence-electron chi connectivity index (χ2n) is 4.40. The first-order valence-electron chi connectivity index (χ1n) is 6.02. The molecular formula is C15H17ClN2O. The summed E-state index contributed by atoms with van der Waals surface area (Å²) < 4.78 is 5.41. The number of halogens is 1. The highest BCUT2D eigenvalue weighted by molar-refractivity contribution is 6.30. The molecular weight excluding hydrogens is 260 g/mol. The fourth-order valence-electron chi connectivity index (χ4n) is 2.10. The number of hydrogen-bond donors (Lipinski definition) is 2. The number of hydrazine groups is 1. The molecule has 2 aromatic rings. The van der Waals surface area contributed by atoms with Gasteiger partial charge in [-0.15, -0.1) is 0 Å². The van der Waals surface area contributed by atoms with E-state index >= 15 is 0 Å². The normalized spacial score (nSPS) is 12.2. The Morgan fingerprint density at radius 1 is 1.16 bits per heavy atom. The number of methoxy groups -OCH3 is 1. The van der Waals surface area contributed by atoms with Crippen molar-refractivity contribution in [1.82, 2.24) is 5.43 Å². The van der Waals surface area contributed by atoms with Crippen LogP contribution < -0.4 is 16.0 Å². The summed E-state index contributed by atoms with van der Waals surface area (Å²) in [5.74, 6) is 6.52. The van der Waals surface area contributed by atoms with Crippen LogP contribution >= 0.6 is 11.6 Å². The summed E-state index contributed by atoms with van der Waals surface area (Å²) in [7, 11) is 1.66. The third-order valence-electron chi connectivity index (χ3n) is 3.07. The van der Waals surface area contributed by atoms with E-state index < -0.39 is 0 Å². The fourth-order valence-corrected chi connectivity index (χ4v) is 2.23. The van der Waals surface area contributed by atoms with Gasteiger partial charge in [-0.3, -0.25) is 5.84 Å². The number of benzene rings is 2. The minimum Gasteiger partial charge on any atom is -0.496 e. The molecule has 0 bridgehead atoms. The monoisotopic (exact) mass is 276 g/mol. The largest absolute Gasteiger partial charge is 0.496 e. The molecule has 1 unspecified atom stereocenters. The number of hydrogen-bond acceptors (Lipinski definition) is 3. The van der Waals surface area contributed by atoms with Crippen LogP contribution in [-0.2, 0) is 0 Å². The summed E-state index contributed by atoms with van der Waals surface area (Å²) in [6, 6.07) is 13.5. The van der Waals surface area contributed by atoms with Crippen LogP contribution in [0.2, 0.25) is 5.02 Å². The molecule has 19 heavy (non-hydrogen) atoms. The van der Waals surface area contributed by atoms with Gasteiger partial charge in [0.05, 0.1) is 13.2 Å². The summed E-state index contributed by atoms with van der Waals surface area (Å²) in [6.45, 7) is 2.04. The molecule has 0 spiro atoms. The fraction of sp³-hybridized carbons (Fsp3) is 0.200. The molecule has 2 aromatic carbocycles. The number of aryl methyl sites for hydroxylation is 1. The first kappa shape index (κ1) is 13.9. The van der Waals surface area contributed by atoms with Gasteiger partial charge in [-0.2, -0.15) is 0 Å². The van der Waals surface area contributed by atoms with E-state index in [2.05, 4.69) is 11.5 Å². The van der Waals surface area contributed by atoms with Crippen LogP contribution in [0.1, 0.15) is 22.7 Å². The van der Waals surface area contributed by atoms with E-state index in [1.165, 1.54) is 0 Å². The van der Waals surface area contributed by atoms with Crippen LogP contribution in [-0.4, -0.2) is 7.11 Å². The number of nitrogens with two attached hydrogens (primary N) is 1. The van der Waals surface area contributed by atoms with Crippen molar-refractivity contribution in [3.05, 3.63) is 64.2 Å². The standard InChI is InChI=1S/C15H17ClN2O/c1-10-3-8-14(19-2)13(9-10)15(18-17)11-4-6-12(16)7-5-11/h3-9,15,18H,17H2,1-2H3. The highest BCUT2D eigenvalue weighted by Gasteiger charge is 2.17. The molecule has 0 fully saturated rings. The lowest BCUT2D eigenvalue weighted by molar-refractivity contribution is 0.404. The maximum Gasteiger partial charge on any atom is 0.124 e. The third-order valence-corrected chi connectivity index (χ3v) is 3.32. The second-order valence-corrected chi connectivity index (χ2v) is 4.83. The summed E-state index contributed by atoms with van der Waals surface area (Å²) in [4.78, 5) is 0. The van der Waals surface area contributed by atoms with Crippen LogP contribution in [0.5, 0.6) is 5.75 Å². The SMILES string of the molecule is COc1ccc(C)cc1C(NN)c1ccc(Cl)cc1. The Morgan fingerprint density at radius 3 is 2.42 bits per heavy atom. The third kappa shape index (κ3) is 3.07. The maximum absolute atomic E-state index is 5.91. The van der Waals surface area contributed by atoms with Gasteiger partial charge in [0.15, 0.2) is 0 Å². The van der Waals surface area contributed by atoms with Gasteiger partial charge in [-0.25, -0.2) is 5.43 Å². The first-order valence-corrected chi connectivity index (χ1v) is 6.39. The molecule has 0 aromatic heterocycles. The van der Waals surface area contributed by atoms with Crippen molar-refractivity contribution in [3.63, 3.8) is 0 Å². The molecule has 0 saturated heterocycles. The van der Waals surface area contributed by atoms with Gasteiger partial charge in [-0.05, 0) is 30.7 Å². The van der Waals surface area contributed by atoms with Gasteiger partial charge >= 0.3 is 0 Å². The lowest BCUT2D eigenvalue weighted by Crippen LogP contribution is -2.29. The van der Waals surface area contributed by atoms with Crippen LogP contribution in [0.25, 0.3) is 0 Å². The molecule has 0 aliphatic heterocycles. The Bertz CT molecular complexity index is 555. The predicted molar refractivity (Wildman–Crippen MR) is 78.3 cm³/mol. The Balaban J connectivity index is 2.47. The zero-order valence-corrected chi connectivity index (χ0v) is 11.7.